The molecule has 5 heteroatoms. The summed E-state index contributed by atoms with van der Waals surface area (Å²) in [6, 6.07) is 7.34. The van der Waals surface area contributed by atoms with Crippen LogP contribution in [-0.4, -0.2) is 29.7 Å². The summed E-state index contributed by atoms with van der Waals surface area (Å²) in [5.41, 5.74) is 1.44. The number of carboxylic acid groups (broad SMARTS) is 1. The molecule has 3 rings (SSSR count). The topological polar surface area (TPSA) is 69.6 Å². The van der Waals surface area contributed by atoms with Gasteiger partial charge in [0.15, 0.2) is 0 Å². The molecule has 1 aromatic rings. The number of carbonyl (C=O) groups excluding carboxylic acids is 1. The van der Waals surface area contributed by atoms with Gasteiger partial charge in [-0.25, -0.2) is 4.79 Å². The van der Waals surface area contributed by atoms with Crippen molar-refractivity contribution in [3.63, 3.8) is 0 Å². The van der Waals surface area contributed by atoms with Gasteiger partial charge >= 0.3 is 12.0 Å². The Morgan fingerprint density at radius 3 is 2.86 bits per heavy atom. The minimum atomic E-state index is -0.881. The van der Waals surface area contributed by atoms with Crippen LogP contribution in [0.15, 0.2) is 24.3 Å². The normalized spacial score (nSPS) is 26.3. The summed E-state index contributed by atoms with van der Waals surface area (Å²) in [6.07, 6.45) is 3.31. The second-order valence-corrected chi connectivity index (χ2v) is 5.90. The number of hydrogen-bond donors (Lipinski definition) is 2. The van der Waals surface area contributed by atoms with Crippen molar-refractivity contribution in [3.8, 4) is 0 Å². The maximum absolute atomic E-state index is 12.4. The van der Waals surface area contributed by atoms with Crippen LogP contribution in [0.25, 0.3) is 0 Å². The van der Waals surface area contributed by atoms with Crippen molar-refractivity contribution in [2.24, 2.45) is 5.92 Å². The number of hydrogen-bond acceptors (Lipinski definition) is 2. The zero-order valence-corrected chi connectivity index (χ0v) is 12.1. The number of nitrogens with zero attached hydrogens (tertiary/aromatic N) is 1. The Balaban J connectivity index is 1.72. The molecule has 3 atom stereocenters. The molecule has 1 aromatic carbocycles. The molecule has 112 valence electrons. The van der Waals surface area contributed by atoms with Gasteiger partial charge in [-0.15, -0.1) is 0 Å². The molecule has 0 saturated heterocycles. The number of aliphatic carboxylic acids is 1. The third-order valence-corrected chi connectivity index (χ3v) is 4.40. The zero-order chi connectivity index (χ0) is 15.0. The van der Waals surface area contributed by atoms with Crippen LogP contribution in [0.4, 0.5) is 10.5 Å². The van der Waals surface area contributed by atoms with Crippen molar-refractivity contribution in [2.45, 2.75) is 38.1 Å². The van der Waals surface area contributed by atoms with Crippen molar-refractivity contribution in [2.75, 3.05) is 11.4 Å². The molecule has 2 N–H and O–H groups in total. The van der Waals surface area contributed by atoms with Gasteiger partial charge in [0.05, 0.1) is 0 Å². The number of nitrogens with one attached hydrogen (secondary N) is 1. The van der Waals surface area contributed by atoms with Crippen LogP contribution in [0.5, 0.6) is 0 Å². The quantitative estimate of drug-likeness (QED) is 0.894. The van der Waals surface area contributed by atoms with Crippen molar-refractivity contribution in [1.29, 1.82) is 0 Å². The summed E-state index contributed by atoms with van der Waals surface area (Å²) in [6.45, 7) is 2.36. The highest BCUT2D eigenvalue weighted by Crippen LogP contribution is 2.38. The molecular weight excluding hydrogens is 268 g/mol. The fourth-order valence-corrected chi connectivity index (χ4v) is 3.16. The molecule has 21 heavy (non-hydrogen) atoms. The fourth-order valence-electron chi connectivity index (χ4n) is 3.16. The first-order chi connectivity index (χ1) is 10.1. The number of amides is 2. The summed E-state index contributed by atoms with van der Waals surface area (Å²) < 4.78 is 0. The van der Waals surface area contributed by atoms with E-state index in [1.54, 1.807) is 11.0 Å². The van der Waals surface area contributed by atoms with Crippen LogP contribution < -0.4 is 10.2 Å². The minimum absolute atomic E-state index is 0.171. The third-order valence-electron chi connectivity index (χ3n) is 4.40. The molecule has 0 aromatic heterocycles. The lowest BCUT2D eigenvalue weighted by atomic mass is 10.0. The van der Waals surface area contributed by atoms with Crippen molar-refractivity contribution in [1.82, 2.24) is 5.32 Å². The second-order valence-electron chi connectivity index (χ2n) is 5.90. The van der Waals surface area contributed by atoms with Crippen LogP contribution in [0.2, 0.25) is 0 Å². The number of carbonyl (C=O) groups is 2. The average molecular weight is 288 g/mol. The van der Waals surface area contributed by atoms with Crippen LogP contribution in [0, 0.1) is 5.92 Å². The van der Waals surface area contributed by atoms with E-state index in [-0.39, 0.29) is 18.6 Å². The van der Waals surface area contributed by atoms with E-state index in [0.29, 0.717) is 5.92 Å². The van der Waals surface area contributed by atoms with Gasteiger partial charge in [-0.3, -0.25) is 9.69 Å². The molecule has 1 aliphatic heterocycles. The Morgan fingerprint density at radius 1 is 1.38 bits per heavy atom. The standard InChI is InChI=1S/C16H20N2O3/c1-2-5-10-8-13(10)17-16(21)18-9-12(15(19)20)11-6-3-4-7-14(11)18/h3-4,6-7,10,12-13H,2,5,8-9H2,1H3,(H,17,21)(H,19,20). The maximum Gasteiger partial charge on any atom is 0.322 e. The molecule has 1 fully saturated rings. The van der Waals surface area contributed by atoms with Crippen LogP contribution in [0.3, 0.4) is 0 Å². The Kier molecular flexibility index (Phi) is 3.57. The lowest BCUT2D eigenvalue weighted by Crippen LogP contribution is -2.41. The number of para-hydroxylation sites is 1. The van der Waals surface area contributed by atoms with Gasteiger partial charge in [0, 0.05) is 18.3 Å². The number of fused-ring (bicyclic) bond motifs is 1. The Bertz CT molecular complexity index is 572. The van der Waals surface area contributed by atoms with Gasteiger partial charge in [-0.1, -0.05) is 31.5 Å². The Labute approximate surface area is 123 Å². The van der Waals surface area contributed by atoms with E-state index in [1.807, 2.05) is 18.2 Å². The molecule has 1 saturated carbocycles. The molecule has 2 amide bonds. The lowest BCUT2D eigenvalue weighted by Gasteiger charge is -2.18. The zero-order valence-electron chi connectivity index (χ0n) is 12.1. The van der Waals surface area contributed by atoms with Crippen molar-refractivity contribution >= 4 is 17.7 Å². The number of rotatable bonds is 4. The Morgan fingerprint density at radius 2 is 2.14 bits per heavy atom. The van der Waals surface area contributed by atoms with Crippen molar-refractivity contribution < 1.29 is 14.7 Å². The third kappa shape index (κ3) is 2.60. The fraction of sp³-hybridized carbons (Fsp3) is 0.500. The maximum atomic E-state index is 12.4. The number of urea groups is 1. The summed E-state index contributed by atoms with van der Waals surface area (Å²) in [5.74, 6) is -0.919. The van der Waals surface area contributed by atoms with E-state index < -0.39 is 11.9 Å². The molecule has 2 aliphatic rings. The number of carboxylic acids is 1. The summed E-state index contributed by atoms with van der Waals surface area (Å²) in [5, 5.41) is 12.3. The molecule has 1 aliphatic carbocycles. The molecule has 0 radical (unpaired) electrons. The molecule has 3 unspecified atom stereocenters. The first-order valence-electron chi connectivity index (χ1n) is 7.51. The molecule has 0 bridgehead atoms. The predicted octanol–water partition coefficient (Wildman–Crippen LogP) is 2.57. The highest BCUT2D eigenvalue weighted by atomic mass is 16.4. The van der Waals surface area contributed by atoms with Gasteiger partial charge in [0.2, 0.25) is 0 Å². The average Bonchev–Trinajstić information content (AvgIpc) is 3.05. The van der Waals surface area contributed by atoms with Gasteiger partial charge in [0.25, 0.3) is 0 Å². The van der Waals surface area contributed by atoms with E-state index in [9.17, 15) is 14.7 Å². The van der Waals surface area contributed by atoms with Gasteiger partial charge in [0.1, 0.15) is 5.92 Å². The predicted molar refractivity (Wildman–Crippen MR) is 79.5 cm³/mol. The highest BCUT2D eigenvalue weighted by molar-refractivity contribution is 5.98. The lowest BCUT2D eigenvalue weighted by molar-refractivity contribution is -0.138. The minimum Gasteiger partial charge on any atom is -0.481 e. The summed E-state index contributed by atoms with van der Waals surface area (Å²) in [4.78, 5) is 25.3. The smallest absolute Gasteiger partial charge is 0.322 e. The first-order valence-corrected chi connectivity index (χ1v) is 7.51. The monoisotopic (exact) mass is 288 g/mol. The SMILES string of the molecule is CCCC1CC1NC(=O)N1CC(C(=O)O)c2ccccc21. The van der Waals surface area contributed by atoms with Crippen LogP contribution in [-0.2, 0) is 4.79 Å². The number of anilines is 1. The molecular formula is C16H20N2O3. The van der Waals surface area contributed by atoms with Crippen LogP contribution >= 0.6 is 0 Å². The van der Waals surface area contributed by atoms with Crippen LogP contribution in [0.1, 0.15) is 37.7 Å². The summed E-state index contributed by atoms with van der Waals surface area (Å²) >= 11 is 0. The van der Waals surface area contributed by atoms with Crippen molar-refractivity contribution in [3.05, 3.63) is 29.8 Å². The van der Waals surface area contributed by atoms with Gasteiger partial charge in [-0.2, -0.15) is 0 Å². The van der Waals surface area contributed by atoms with E-state index in [4.69, 9.17) is 0 Å². The molecule has 0 spiro atoms. The largest absolute Gasteiger partial charge is 0.481 e. The molecule has 5 nitrogen and oxygen atoms in total. The summed E-state index contributed by atoms with van der Waals surface area (Å²) in [7, 11) is 0. The molecule has 1 heterocycles. The Hall–Kier alpha value is -2.04. The van der Waals surface area contributed by atoms with E-state index in [0.717, 1.165) is 30.5 Å². The number of benzene rings is 1. The van der Waals surface area contributed by atoms with Gasteiger partial charge < -0.3 is 10.4 Å². The van der Waals surface area contributed by atoms with E-state index in [2.05, 4.69) is 12.2 Å². The van der Waals surface area contributed by atoms with Gasteiger partial charge in [-0.05, 0) is 30.4 Å². The first kappa shape index (κ1) is 13.9. The van der Waals surface area contributed by atoms with E-state index in [1.165, 1.54) is 0 Å². The highest BCUT2D eigenvalue weighted by Gasteiger charge is 2.41. The van der Waals surface area contributed by atoms with E-state index >= 15 is 0 Å². The second kappa shape index (κ2) is 5.39.